The molecule has 0 saturated carbocycles. The molecule has 0 aromatic heterocycles. The number of nitriles is 1. The minimum atomic E-state index is -0.397. The molecule has 1 unspecified atom stereocenters. The van der Waals surface area contributed by atoms with Crippen LogP contribution in [0.15, 0.2) is 65.2 Å². The number of allylic oxidation sites excluding steroid dienone is 1. The quantitative estimate of drug-likeness (QED) is 0.756. The molecule has 0 spiro atoms. The number of hydrogen-bond acceptors (Lipinski definition) is 5. The fourth-order valence-corrected chi connectivity index (χ4v) is 3.96. The number of carbonyl (C=O) groups excluding carboxylic acids is 2. The number of thioether (sulfide) groups is 1. The largest absolute Gasteiger partial charge is 0.460 e. The molecule has 28 heavy (non-hydrogen) atoms. The highest BCUT2D eigenvalue weighted by molar-refractivity contribution is 8.03. The Kier molecular flexibility index (Phi) is 6.51. The number of esters is 1. The van der Waals surface area contributed by atoms with Crippen LogP contribution in [0.4, 0.5) is 0 Å². The van der Waals surface area contributed by atoms with Gasteiger partial charge in [-0.3, -0.25) is 9.59 Å². The van der Waals surface area contributed by atoms with Gasteiger partial charge in [0.05, 0.1) is 22.4 Å². The van der Waals surface area contributed by atoms with Gasteiger partial charge < -0.3 is 10.1 Å². The van der Waals surface area contributed by atoms with E-state index in [0.717, 1.165) is 28.5 Å². The van der Waals surface area contributed by atoms with E-state index >= 15 is 0 Å². The predicted octanol–water partition coefficient (Wildman–Crippen LogP) is 3.81. The second-order valence-electron chi connectivity index (χ2n) is 6.45. The van der Waals surface area contributed by atoms with E-state index in [-0.39, 0.29) is 30.6 Å². The number of aryl methyl sites for hydroxylation is 1. The normalized spacial score (nSPS) is 16.3. The van der Waals surface area contributed by atoms with Crippen molar-refractivity contribution in [2.24, 2.45) is 0 Å². The van der Waals surface area contributed by atoms with Gasteiger partial charge in [-0.1, -0.05) is 66.4 Å². The molecular weight excluding hydrogens is 372 g/mol. The molecule has 0 aliphatic carbocycles. The lowest BCUT2D eigenvalue weighted by atomic mass is 9.85. The van der Waals surface area contributed by atoms with Crippen molar-refractivity contribution >= 4 is 23.6 Å². The molecule has 0 fully saturated rings. The van der Waals surface area contributed by atoms with Gasteiger partial charge in [0.25, 0.3) is 0 Å². The number of benzene rings is 2. The van der Waals surface area contributed by atoms with Gasteiger partial charge in [0.2, 0.25) is 5.91 Å². The maximum Gasteiger partial charge on any atom is 0.316 e. The second kappa shape index (κ2) is 9.25. The molecule has 1 aliphatic rings. The van der Waals surface area contributed by atoms with Crippen LogP contribution in [-0.2, 0) is 20.9 Å². The average Bonchev–Trinajstić information content (AvgIpc) is 2.71. The summed E-state index contributed by atoms with van der Waals surface area (Å²) in [5, 5.41) is 12.9. The van der Waals surface area contributed by atoms with Crippen molar-refractivity contribution in [2.45, 2.75) is 25.9 Å². The van der Waals surface area contributed by atoms with Crippen molar-refractivity contribution in [1.82, 2.24) is 5.32 Å². The molecule has 3 rings (SSSR count). The minimum Gasteiger partial charge on any atom is -0.460 e. The van der Waals surface area contributed by atoms with Crippen LogP contribution in [0.5, 0.6) is 0 Å². The van der Waals surface area contributed by atoms with Crippen LogP contribution in [0.1, 0.15) is 29.0 Å². The first kappa shape index (κ1) is 19.7. The van der Waals surface area contributed by atoms with Gasteiger partial charge in [0.1, 0.15) is 6.61 Å². The Morgan fingerprint density at radius 3 is 2.64 bits per heavy atom. The van der Waals surface area contributed by atoms with E-state index in [9.17, 15) is 14.9 Å². The van der Waals surface area contributed by atoms with Gasteiger partial charge in [-0.25, -0.2) is 0 Å². The van der Waals surface area contributed by atoms with Crippen LogP contribution >= 0.6 is 11.8 Å². The third-order valence-corrected chi connectivity index (χ3v) is 5.49. The van der Waals surface area contributed by atoms with E-state index in [2.05, 4.69) is 11.4 Å². The maximum absolute atomic E-state index is 12.2. The zero-order valence-electron chi connectivity index (χ0n) is 15.5. The van der Waals surface area contributed by atoms with Crippen molar-refractivity contribution in [3.8, 4) is 6.07 Å². The Hall–Kier alpha value is -3.04. The number of nitrogens with zero attached hydrogens (tertiary/aromatic N) is 1. The van der Waals surface area contributed by atoms with Crippen molar-refractivity contribution in [3.05, 3.63) is 81.9 Å². The zero-order chi connectivity index (χ0) is 19.9. The molecule has 1 amide bonds. The lowest BCUT2D eigenvalue weighted by Crippen LogP contribution is -2.31. The summed E-state index contributed by atoms with van der Waals surface area (Å²) in [6.07, 6.45) is 0.219. The van der Waals surface area contributed by atoms with Crippen LogP contribution in [0.3, 0.4) is 0 Å². The summed E-state index contributed by atoms with van der Waals surface area (Å²) in [7, 11) is 0. The molecule has 2 aromatic rings. The van der Waals surface area contributed by atoms with Crippen molar-refractivity contribution in [1.29, 1.82) is 5.26 Å². The Morgan fingerprint density at radius 1 is 1.21 bits per heavy atom. The van der Waals surface area contributed by atoms with Crippen molar-refractivity contribution in [2.75, 3.05) is 5.75 Å². The van der Waals surface area contributed by atoms with Gasteiger partial charge in [0, 0.05) is 12.3 Å². The van der Waals surface area contributed by atoms with Crippen molar-refractivity contribution < 1.29 is 14.3 Å². The van der Waals surface area contributed by atoms with E-state index in [1.807, 2.05) is 61.5 Å². The monoisotopic (exact) mass is 392 g/mol. The van der Waals surface area contributed by atoms with E-state index in [1.165, 1.54) is 0 Å². The van der Waals surface area contributed by atoms with E-state index < -0.39 is 5.97 Å². The van der Waals surface area contributed by atoms with E-state index in [0.29, 0.717) is 10.6 Å². The van der Waals surface area contributed by atoms with Crippen LogP contribution < -0.4 is 5.32 Å². The van der Waals surface area contributed by atoms with Crippen LogP contribution in [0, 0.1) is 18.3 Å². The van der Waals surface area contributed by atoms with E-state index in [4.69, 9.17) is 4.74 Å². The Balaban J connectivity index is 1.70. The first-order valence-electron chi connectivity index (χ1n) is 8.90. The summed E-state index contributed by atoms with van der Waals surface area (Å²) in [6.45, 7) is 2.16. The Bertz CT molecular complexity index is 948. The topological polar surface area (TPSA) is 79.2 Å². The summed E-state index contributed by atoms with van der Waals surface area (Å²) in [5.41, 5.74) is 3.37. The number of ether oxygens (including phenoxy) is 1. The maximum atomic E-state index is 12.2. The predicted molar refractivity (Wildman–Crippen MR) is 108 cm³/mol. The SMILES string of the molecule is Cc1ccccc1C1CC(=O)NC(SCC(=O)OCc2ccccc2)=C1C#N. The molecule has 2 aromatic carbocycles. The van der Waals surface area contributed by atoms with E-state index in [1.54, 1.807) is 0 Å². The van der Waals surface area contributed by atoms with Gasteiger partial charge >= 0.3 is 5.97 Å². The average molecular weight is 392 g/mol. The molecule has 0 saturated heterocycles. The highest BCUT2D eigenvalue weighted by Gasteiger charge is 2.30. The van der Waals surface area contributed by atoms with Gasteiger partial charge in [-0.05, 0) is 23.6 Å². The number of nitrogens with one attached hydrogen (secondary N) is 1. The standard InChI is InChI=1S/C22H20N2O3S/c1-15-7-5-6-10-17(15)18-11-20(25)24-22(19(18)12-23)28-14-21(26)27-13-16-8-3-2-4-9-16/h2-10,18H,11,13-14H2,1H3,(H,24,25). The molecule has 142 valence electrons. The van der Waals surface area contributed by atoms with Gasteiger partial charge in [0.15, 0.2) is 0 Å². The number of rotatable bonds is 6. The van der Waals surface area contributed by atoms with Crippen LogP contribution in [0.25, 0.3) is 0 Å². The molecule has 1 heterocycles. The molecule has 5 nitrogen and oxygen atoms in total. The number of carbonyl (C=O) groups is 2. The third-order valence-electron chi connectivity index (χ3n) is 4.50. The fraction of sp³-hybridized carbons (Fsp3) is 0.227. The van der Waals surface area contributed by atoms with Gasteiger partial charge in [-0.15, -0.1) is 0 Å². The van der Waals surface area contributed by atoms with Crippen molar-refractivity contribution in [3.63, 3.8) is 0 Å². The van der Waals surface area contributed by atoms with Crippen LogP contribution in [-0.4, -0.2) is 17.6 Å². The molecule has 0 radical (unpaired) electrons. The van der Waals surface area contributed by atoms with Gasteiger partial charge in [-0.2, -0.15) is 5.26 Å². The molecule has 1 N–H and O–H groups in total. The summed E-state index contributed by atoms with van der Waals surface area (Å²) >= 11 is 1.13. The number of hydrogen-bond donors (Lipinski definition) is 1. The van der Waals surface area contributed by atoms with Crippen LogP contribution in [0.2, 0.25) is 0 Å². The Morgan fingerprint density at radius 2 is 1.93 bits per heavy atom. The Labute approximate surface area is 168 Å². The zero-order valence-corrected chi connectivity index (χ0v) is 16.3. The molecule has 0 bridgehead atoms. The summed E-state index contributed by atoms with van der Waals surface area (Å²) in [4.78, 5) is 24.3. The molecule has 1 atom stereocenters. The minimum absolute atomic E-state index is 0.0219. The fourth-order valence-electron chi connectivity index (χ4n) is 3.09. The first-order valence-corrected chi connectivity index (χ1v) is 9.89. The number of amides is 1. The lowest BCUT2D eigenvalue weighted by Gasteiger charge is -2.26. The second-order valence-corrected chi connectivity index (χ2v) is 7.44. The molecule has 6 heteroatoms. The molecular formula is C22H20N2O3S. The third kappa shape index (κ3) is 4.81. The summed E-state index contributed by atoms with van der Waals surface area (Å²) in [6, 6.07) is 19.4. The smallest absolute Gasteiger partial charge is 0.316 e. The first-order chi connectivity index (χ1) is 13.6. The lowest BCUT2D eigenvalue weighted by molar-refractivity contribution is -0.141. The summed E-state index contributed by atoms with van der Waals surface area (Å²) in [5.74, 6) is -0.838. The highest BCUT2D eigenvalue weighted by atomic mass is 32.2. The molecule has 1 aliphatic heterocycles. The highest BCUT2D eigenvalue weighted by Crippen LogP contribution is 2.37. The summed E-state index contributed by atoms with van der Waals surface area (Å²) < 4.78 is 5.27.